The molecular weight excluding hydrogens is 422 g/mol. The van der Waals surface area contributed by atoms with Gasteiger partial charge in [-0.05, 0) is 30.3 Å². The minimum absolute atomic E-state index is 0.0274. The second-order valence-electron chi connectivity index (χ2n) is 6.35. The molecule has 31 heavy (non-hydrogen) atoms. The quantitative estimate of drug-likeness (QED) is 0.422. The van der Waals surface area contributed by atoms with Gasteiger partial charge in [0.15, 0.2) is 0 Å². The first-order chi connectivity index (χ1) is 14.8. The van der Waals surface area contributed by atoms with Gasteiger partial charge in [-0.25, -0.2) is 8.42 Å². The average Bonchev–Trinajstić information content (AvgIpc) is 2.78. The van der Waals surface area contributed by atoms with Crippen LogP contribution in [0, 0.1) is 10.1 Å². The van der Waals surface area contributed by atoms with Gasteiger partial charge in [-0.3, -0.25) is 19.2 Å². The van der Waals surface area contributed by atoms with Crippen molar-refractivity contribution in [3.63, 3.8) is 0 Å². The van der Waals surface area contributed by atoms with E-state index in [4.69, 9.17) is 4.74 Å². The molecule has 0 aliphatic heterocycles. The van der Waals surface area contributed by atoms with Gasteiger partial charge in [0.2, 0.25) is 5.91 Å². The standard InChI is InChI=1S/C21H19N3O6S/c1-30-20-13-12-17(24(26)27)14-19(20)22-21(25)15-23(16-8-4-2-5-9-16)31(28,29)18-10-6-3-7-11-18/h2-14H,15H2,1H3,(H,22,25). The number of nitrogens with one attached hydrogen (secondary N) is 1. The van der Waals surface area contributed by atoms with Crippen molar-refractivity contribution in [2.75, 3.05) is 23.3 Å². The van der Waals surface area contributed by atoms with Crippen LogP contribution >= 0.6 is 0 Å². The van der Waals surface area contributed by atoms with E-state index in [9.17, 15) is 23.3 Å². The average molecular weight is 441 g/mol. The molecule has 0 aliphatic carbocycles. The number of ether oxygens (including phenoxy) is 1. The molecule has 9 nitrogen and oxygen atoms in total. The number of nitro groups is 1. The summed E-state index contributed by atoms with van der Waals surface area (Å²) in [7, 11) is -2.69. The molecule has 0 bridgehead atoms. The zero-order valence-corrected chi connectivity index (χ0v) is 17.3. The predicted octanol–water partition coefficient (Wildman–Crippen LogP) is 3.44. The van der Waals surface area contributed by atoms with E-state index in [1.807, 2.05) is 0 Å². The number of carbonyl (C=O) groups excluding carboxylic acids is 1. The van der Waals surface area contributed by atoms with Gasteiger partial charge in [0.25, 0.3) is 15.7 Å². The first kappa shape index (κ1) is 21.8. The van der Waals surface area contributed by atoms with Gasteiger partial charge < -0.3 is 10.1 Å². The SMILES string of the molecule is COc1ccc([N+](=O)[O-])cc1NC(=O)CN(c1ccccc1)S(=O)(=O)c1ccccc1. The van der Waals surface area contributed by atoms with Crippen LogP contribution < -0.4 is 14.4 Å². The van der Waals surface area contributed by atoms with E-state index >= 15 is 0 Å². The number of nitro benzene ring substituents is 1. The van der Waals surface area contributed by atoms with Crippen LogP contribution in [0.3, 0.4) is 0 Å². The maximum absolute atomic E-state index is 13.2. The molecule has 0 spiro atoms. The number of para-hydroxylation sites is 1. The van der Waals surface area contributed by atoms with E-state index in [0.717, 1.165) is 10.4 Å². The van der Waals surface area contributed by atoms with E-state index in [1.54, 1.807) is 48.5 Å². The zero-order chi connectivity index (χ0) is 22.4. The summed E-state index contributed by atoms with van der Waals surface area (Å²) in [5.41, 5.74) is 0.118. The molecule has 0 radical (unpaired) electrons. The van der Waals surface area contributed by atoms with Crippen molar-refractivity contribution in [2.24, 2.45) is 0 Å². The predicted molar refractivity (Wildman–Crippen MR) is 116 cm³/mol. The fraction of sp³-hybridized carbons (Fsp3) is 0.0952. The number of hydrogen-bond donors (Lipinski definition) is 1. The lowest BCUT2D eigenvalue weighted by atomic mass is 10.2. The van der Waals surface area contributed by atoms with E-state index in [-0.39, 0.29) is 22.0 Å². The largest absolute Gasteiger partial charge is 0.495 e. The topological polar surface area (TPSA) is 119 Å². The summed E-state index contributed by atoms with van der Waals surface area (Å²) in [4.78, 5) is 23.3. The van der Waals surface area contributed by atoms with Crippen LogP contribution in [0.15, 0.2) is 83.8 Å². The van der Waals surface area contributed by atoms with E-state index in [1.165, 1.54) is 31.4 Å². The lowest BCUT2D eigenvalue weighted by molar-refractivity contribution is -0.384. The highest BCUT2D eigenvalue weighted by Crippen LogP contribution is 2.29. The number of hydrogen-bond acceptors (Lipinski definition) is 6. The monoisotopic (exact) mass is 441 g/mol. The van der Waals surface area contributed by atoms with Crippen molar-refractivity contribution in [3.8, 4) is 5.75 Å². The Hall–Kier alpha value is -3.92. The molecule has 0 atom stereocenters. The van der Waals surface area contributed by atoms with E-state index in [0.29, 0.717) is 5.69 Å². The minimum Gasteiger partial charge on any atom is -0.495 e. The molecule has 3 rings (SSSR count). The van der Waals surface area contributed by atoms with Gasteiger partial charge in [-0.2, -0.15) is 0 Å². The van der Waals surface area contributed by atoms with Crippen molar-refractivity contribution in [2.45, 2.75) is 4.90 Å². The third-order valence-electron chi connectivity index (χ3n) is 4.33. The zero-order valence-electron chi connectivity index (χ0n) is 16.5. The number of amides is 1. The summed E-state index contributed by atoms with van der Waals surface area (Å²) in [5.74, 6) is -0.488. The highest BCUT2D eigenvalue weighted by molar-refractivity contribution is 7.92. The summed E-state index contributed by atoms with van der Waals surface area (Å²) < 4.78 is 32.6. The Morgan fingerprint density at radius 1 is 1.03 bits per heavy atom. The number of non-ortho nitro benzene ring substituents is 1. The summed E-state index contributed by atoms with van der Waals surface area (Å²) >= 11 is 0. The number of rotatable bonds is 8. The number of sulfonamides is 1. The summed E-state index contributed by atoms with van der Waals surface area (Å²) in [6.45, 7) is -0.549. The van der Waals surface area contributed by atoms with Gasteiger partial charge in [-0.15, -0.1) is 0 Å². The molecule has 0 fully saturated rings. The minimum atomic E-state index is -4.05. The maximum atomic E-state index is 13.2. The van der Waals surface area contributed by atoms with Gasteiger partial charge in [0.1, 0.15) is 12.3 Å². The number of methoxy groups -OCH3 is 1. The molecule has 0 saturated heterocycles. The second kappa shape index (κ2) is 9.26. The molecule has 1 amide bonds. The van der Waals surface area contributed by atoms with Crippen molar-refractivity contribution < 1.29 is 22.9 Å². The Morgan fingerprint density at radius 2 is 1.65 bits per heavy atom. The van der Waals surface area contributed by atoms with Crippen LogP contribution in [-0.2, 0) is 14.8 Å². The molecule has 1 N–H and O–H groups in total. The third kappa shape index (κ3) is 4.98. The molecule has 160 valence electrons. The van der Waals surface area contributed by atoms with E-state index < -0.39 is 27.4 Å². The molecule has 0 saturated carbocycles. The summed E-state index contributed by atoms with van der Waals surface area (Å²) in [5, 5.41) is 13.6. The highest BCUT2D eigenvalue weighted by atomic mass is 32.2. The molecule has 0 unspecified atom stereocenters. The normalized spacial score (nSPS) is 10.9. The first-order valence-corrected chi connectivity index (χ1v) is 10.5. The maximum Gasteiger partial charge on any atom is 0.271 e. The van der Waals surface area contributed by atoms with Gasteiger partial charge >= 0.3 is 0 Å². The van der Waals surface area contributed by atoms with Gasteiger partial charge in [-0.1, -0.05) is 36.4 Å². The van der Waals surface area contributed by atoms with Crippen molar-refractivity contribution in [1.82, 2.24) is 0 Å². The molecular formula is C21H19N3O6S. The van der Waals surface area contributed by atoms with Crippen molar-refractivity contribution in [1.29, 1.82) is 0 Å². The Kier molecular flexibility index (Phi) is 6.51. The Labute approximate surface area is 179 Å². The number of nitrogens with zero attached hydrogens (tertiary/aromatic N) is 2. The summed E-state index contributed by atoms with van der Waals surface area (Å²) in [6.07, 6.45) is 0. The first-order valence-electron chi connectivity index (χ1n) is 9.08. The van der Waals surface area contributed by atoms with Crippen molar-refractivity contribution >= 4 is 33.0 Å². The summed E-state index contributed by atoms with van der Waals surface area (Å²) in [6, 6.07) is 19.7. The van der Waals surface area contributed by atoms with Crippen LogP contribution in [0.1, 0.15) is 0 Å². The fourth-order valence-electron chi connectivity index (χ4n) is 2.86. The fourth-order valence-corrected chi connectivity index (χ4v) is 4.30. The lowest BCUT2D eigenvalue weighted by Crippen LogP contribution is -2.38. The van der Waals surface area contributed by atoms with Crippen LogP contribution in [0.5, 0.6) is 5.75 Å². The number of benzene rings is 3. The Bertz CT molecular complexity index is 1180. The Morgan fingerprint density at radius 3 is 2.23 bits per heavy atom. The van der Waals surface area contributed by atoms with Gasteiger partial charge in [0, 0.05) is 12.1 Å². The van der Waals surface area contributed by atoms with Gasteiger partial charge in [0.05, 0.1) is 28.3 Å². The molecule has 10 heteroatoms. The molecule has 0 aromatic heterocycles. The third-order valence-corrected chi connectivity index (χ3v) is 6.12. The number of anilines is 2. The van der Waals surface area contributed by atoms with Crippen LogP contribution in [0.4, 0.5) is 17.1 Å². The van der Waals surface area contributed by atoms with E-state index in [2.05, 4.69) is 5.32 Å². The smallest absolute Gasteiger partial charge is 0.271 e. The molecule has 0 heterocycles. The second-order valence-corrected chi connectivity index (χ2v) is 8.21. The number of carbonyl (C=O) groups is 1. The van der Waals surface area contributed by atoms with Crippen LogP contribution in [-0.4, -0.2) is 32.9 Å². The van der Waals surface area contributed by atoms with Crippen LogP contribution in [0.25, 0.3) is 0 Å². The highest BCUT2D eigenvalue weighted by Gasteiger charge is 2.27. The Balaban J connectivity index is 1.93. The lowest BCUT2D eigenvalue weighted by Gasteiger charge is -2.24. The van der Waals surface area contributed by atoms with Crippen molar-refractivity contribution in [3.05, 3.63) is 89.0 Å². The molecule has 0 aliphatic rings. The van der Waals surface area contributed by atoms with Crippen LogP contribution in [0.2, 0.25) is 0 Å². The molecule has 3 aromatic rings. The molecule has 3 aromatic carbocycles.